The van der Waals surface area contributed by atoms with Crippen LogP contribution in [0.3, 0.4) is 0 Å². The lowest BCUT2D eigenvalue weighted by Crippen LogP contribution is -2.19. The Morgan fingerprint density at radius 3 is 2.73 bits per heavy atom. The highest BCUT2D eigenvalue weighted by molar-refractivity contribution is 9.10. The van der Waals surface area contributed by atoms with Crippen LogP contribution in [0, 0.1) is 0 Å². The summed E-state index contributed by atoms with van der Waals surface area (Å²) < 4.78 is 0.896. The maximum Gasteiger partial charge on any atom is 0.106 e. The number of aromatic nitrogens is 1. The molecule has 3 nitrogen and oxygen atoms in total. The fourth-order valence-electron chi connectivity index (χ4n) is 1.32. The highest BCUT2D eigenvalue weighted by Crippen LogP contribution is 2.07. The maximum atomic E-state index is 5.40. The molecule has 0 aromatic carbocycles. The van der Waals surface area contributed by atoms with Gasteiger partial charge in [-0.1, -0.05) is 6.07 Å². The minimum Gasteiger partial charge on any atom is -0.330 e. The normalized spacial score (nSPS) is 10.5. The van der Waals surface area contributed by atoms with Gasteiger partial charge in [0.05, 0.1) is 0 Å². The van der Waals surface area contributed by atoms with Crippen molar-refractivity contribution in [1.82, 2.24) is 10.3 Å². The Labute approximate surface area is 99.6 Å². The molecule has 4 heteroatoms. The van der Waals surface area contributed by atoms with E-state index in [0.29, 0.717) is 0 Å². The van der Waals surface area contributed by atoms with Crippen LogP contribution < -0.4 is 11.1 Å². The zero-order valence-electron chi connectivity index (χ0n) is 8.88. The molecule has 0 saturated heterocycles. The molecule has 0 spiro atoms. The summed E-state index contributed by atoms with van der Waals surface area (Å²) in [5.74, 6) is 0. The van der Waals surface area contributed by atoms with Crippen LogP contribution in [0.25, 0.3) is 0 Å². The van der Waals surface area contributed by atoms with Gasteiger partial charge in [0.1, 0.15) is 4.60 Å². The molecule has 1 rings (SSSR count). The SMILES string of the molecule is NCCCNCCCc1ccc(Br)nc1. The van der Waals surface area contributed by atoms with Gasteiger partial charge in [-0.25, -0.2) is 4.98 Å². The molecule has 84 valence electrons. The Morgan fingerprint density at radius 1 is 1.27 bits per heavy atom. The van der Waals surface area contributed by atoms with Crippen LogP contribution in [0.15, 0.2) is 22.9 Å². The van der Waals surface area contributed by atoms with E-state index in [1.54, 1.807) is 0 Å². The average molecular weight is 272 g/mol. The van der Waals surface area contributed by atoms with Crippen molar-refractivity contribution in [1.29, 1.82) is 0 Å². The average Bonchev–Trinajstić information content (AvgIpc) is 2.26. The zero-order valence-corrected chi connectivity index (χ0v) is 10.5. The van der Waals surface area contributed by atoms with E-state index in [9.17, 15) is 0 Å². The fraction of sp³-hybridized carbons (Fsp3) is 0.545. The van der Waals surface area contributed by atoms with Crippen molar-refractivity contribution in [2.45, 2.75) is 19.3 Å². The van der Waals surface area contributed by atoms with Crippen LogP contribution >= 0.6 is 15.9 Å². The van der Waals surface area contributed by atoms with Gasteiger partial charge in [-0.2, -0.15) is 0 Å². The lowest BCUT2D eigenvalue weighted by atomic mass is 10.1. The van der Waals surface area contributed by atoms with Crippen molar-refractivity contribution in [3.05, 3.63) is 28.5 Å². The molecule has 0 bridgehead atoms. The van der Waals surface area contributed by atoms with Gasteiger partial charge in [0.15, 0.2) is 0 Å². The maximum absolute atomic E-state index is 5.40. The second-order valence-corrected chi connectivity index (χ2v) is 4.30. The molecule has 0 unspecified atom stereocenters. The lowest BCUT2D eigenvalue weighted by Gasteiger charge is -2.03. The van der Waals surface area contributed by atoms with E-state index in [0.717, 1.165) is 43.5 Å². The van der Waals surface area contributed by atoms with Crippen molar-refractivity contribution < 1.29 is 0 Å². The van der Waals surface area contributed by atoms with E-state index >= 15 is 0 Å². The molecule has 0 saturated carbocycles. The Bertz CT molecular complexity index is 261. The van der Waals surface area contributed by atoms with Crippen LogP contribution in [-0.2, 0) is 6.42 Å². The molecule has 0 aliphatic heterocycles. The van der Waals surface area contributed by atoms with Crippen LogP contribution in [0.2, 0.25) is 0 Å². The number of nitrogens with zero attached hydrogens (tertiary/aromatic N) is 1. The number of rotatable bonds is 7. The van der Waals surface area contributed by atoms with Gasteiger partial charge in [0.2, 0.25) is 0 Å². The number of hydrogen-bond acceptors (Lipinski definition) is 3. The summed E-state index contributed by atoms with van der Waals surface area (Å²) in [5, 5.41) is 3.36. The second-order valence-electron chi connectivity index (χ2n) is 3.48. The van der Waals surface area contributed by atoms with Crippen LogP contribution in [0.1, 0.15) is 18.4 Å². The lowest BCUT2D eigenvalue weighted by molar-refractivity contribution is 0.626. The Kier molecular flexibility index (Phi) is 6.55. The predicted molar refractivity (Wildman–Crippen MR) is 66.8 cm³/mol. The first kappa shape index (κ1) is 12.6. The smallest absolute Gasteiger partial charge is 0.106 e. The zero-order chi connectivity index (χ0) is 10.9. The molecular weight excluding hydrogens is 254 g/mol. The van der Waals surface area contributed by atoms with E-state index in [1.807, 2.05) is 12.3 Å². The van der Waals surface area contributed by atoms with E-state index in [-0.39, 0.29) is 0 Å². The quantitative estimate of drug-likeness (QED) is 0.587. The van der Waals surface area contributed by atoms with Gasteiger partial charge >= 0.3 is 0 Å². The monoisotopic (exact) mass is 271 g/mol. The third kappa shape index (κ3) is 5.87. The van der Waals surface area contributed by atoms with Crippen molar-refractivity contribution in [3.63, 3.8) is 0 Å². The van der Waals surface area contributed by atoms with Crippen LogP contribution in [0.5, 0.6) is 0 Å². The molecule has 0 amide bonds. The first-order chi connectivity index (χ1) is 7.33. The molecule has 3 N–H and O–H groups in total. The van der Waals surface area contributed by atoms with E-state index in [1.165, 1.54) is 5.56 Å². The summed E-state index contributed by atoms with van der Waals surface area (Å²) in [4.78, 5) is 4.19. The Hall–Kier alpha value is -0.450. The molecule has 0 fully saturated rings. The van der Waals surface area contributed by atoms with Crippen molar-refractivity contribution in [2.24, 2.45) is 5.73 Å². The fourth-order valence-corrected chi connectivity index (χ4v) is 1.56. The first-order valence-corrected chi connectivity index (χ1v) is 6.13. The highest BCUT2D eigenvalue weighted by Gasteiger charge is 1.94. The third-order valence-electron chi connectivity index (χ3n) is 2.17. The minimum absolute atomic E-state index is 0.767. The van der Waals surface area contributed by atoms with Gasteiger partial charge in [0.25, 0.3) is 0 Å². The largest absolute Gasteiger partial charge is 0.330 e. The molecule has 0 atom stereocenters. The van der Waals surface area contributed by atoms with Crippen LogP contribution in [-0.4, -0.2) is 24.6 Å². The second kappa shape index (κ2) is 7.79. The molecule has 0 radical (unpaired) electrons. The summed E-state index contributed by atoms with van der Waals surface area (Å²) >= 11 is 3.32. The number of pyridine rings is 1. The molecule has 0 aliphatic carbocycles. The molecule has 1 aromatic rings. The summed E-state index contributed by atoms with van der Waals surface area (Å²) in [6.07, 6.45) is 5.20. The van der Waals surface area contributed by atoms with Gasteiger partial charge in [0, 0.05) is 6.20 Å². The predicted octanol–water partition coefficient (Wildman–Crippen LogP) is 1.72. The third-order valence-corrected chi connectivity index (χ3v) is 2.63. The van der Waals surface area contributed by atoms with Crippen molar-refractivity contribution in [2.75, 3.05) is 19.6 Å². The summed E-state index contributed by atoms with van der Waals surface area (Å²) in [6.45, 7) is 2.84. The summed E-state index contributed by atoms with van der Waals surface area (Å²) in [5.41, 5.74) is 6.69. The Balaban J connectivity index is 2.07. The number of hydrogen-bond donors (Lipinski definition) is 2. The standard InChI is InChI=1S/C11H18BrN3/c12-11-5-4-10(9-15-11)3-1-7-14-8-2-6-13/h4-5,9,14H,1-3,6-8,13H2. The van der Waals surface area contributed by atoms with Gasteiger partial charge in [-0.05, 0) is 66.5 Å². The van der Waals surface area contributed by atoms with E-state index < -0.39 is 0 Å². The summed E-state index contributed by atoms with van der Waals surface area (Å²) in [6, 6.07) is 4.09. The number of nitrogens with one attached hydrogen (secondary N) is 1. The van der Waals surface area contributed by atoms with Crippen LogP contribution in [0.4, 0.5) is 0 Å². The topological polar surface area (TPSA) is 50.9 Å². The number of aryl methyl sites for hydroxylation is 1. The summed E-state index contributed by atoms with van der Waals surface area (Å²) in [7, 11) is 0. The minimum atomic E-state index is 0.767. The van der Waals surface area contributed by atoms with E-state index in [4.69, 9.17) is 5.73 Å². The Morgan fingerprint density at radius 2 is 2.07 bits per heavy atom. The number of halogens is 1. The van der Waals surface area contributed by atoms with Crippen molar-refractivity contribution >= 4 is 15.9 Å². The molecule has 1 heterocycles. The van der Waals surface area contributed by atoms with E-state index in [2.05, 4.69) is 32.3 Å². The number of nitrogens with two attached hydrogens (primary N) is 1. The molecular formula is C11H18BrN3. The van der Waals surface area contributed by atoms with Gasteiger partial charge in [-0.3, -0.25) is 0 Å². The first-order valence-electron chi connectivity index (χ1n) is 5.34. The molecule has 15 heavy (non-hydrogen) atoms. The molecule has 1 aromatic heterocycles. The highest BCUT2D eigenvalue weighted by atomic mass is 79.9. The van der Waals surface area contributed by atoms with Gasteiger partial charge < -0.3 is 11.1 Å². The van der Waals surface area contributed by atoms with Gasteiger partial charge in [-0.15, -0.1) is 0 Å². The van der Waals surface area contributed by atoms with Crippen molar-refractivity contribution in [3.8, 4) is 0 Å². The molecule has 0 aliphatic rings.